The van der Waals surface area contributed by atoms with Crippen molar-refractivity contribution in [2.75, 3.05) is 19.0 Å². The van der Waals surface area contributed by atoms with Gasteiger partial charge in [0, 0.05) is 10.7 Å². The van der Waals surface area contributed by atoms with Crippen LogP contribution >= 0.6 is 11.6 Å². The standard InChI is InChI=1S/C25H24ClN3O7/c1-4-34-22-11-16(6-9-20(22)35-14-18-8-10-21(36-18)25(32)33-3)13-27-29-24(31)23(30)28-17-7-5-15(2)19(26)12-17/h5-13H,4,14H2,1-3H3,(H,28,30)(H,29,31). The maximum atomic E-state index is 12.1. The van der Waals surface area contributed by atoms with Crippen LogP contribution in [0.5, 0.6) is 11.5 Å². The highest BCUT2D eigenvalue weighted by atomic mass is 35.5. The Balaban J connectivity index is 1.59. The molecule has 0 unspecified atom stereocenters. The fraction of sp³-hybridized carbons (Fsp3) is 0.200. The summed E-state index contributed by atoms with van der Waals surface area (Å²) in [5.74, 6) is -1.05. The SMILES string of the molecule is CCOc1cc(C=NNC(=O)C(=O)Nc2ccc(C)c(Cl)c2)ccc1OCc1ccc(C(=O)OC)o1. The molecule has 2 N–H and O–H groups in total. The molecule has 3 rings (SSSR count). The summed E-state index contributed by atoms with van der Waals surface area (Å²) in [6.07, 6.45) is 1.36. The van der Waals surface area contributed by atoms with Gasteiger partial charge in [-0.3, -0.25) is 9.59 Å². The second-order valence-electron chi connectivity index (χ2n) is 7.30. The lowest BCUT2D eigenvalue weighted by Crippen LogP contribution is -2.32. The van der Waals surface area contributed by atoms with E-state index in [1.165, 1.54) is 19.4 Å². The highest BCUT2D eigenvalue weighted by Crippen LogP contribution is 2.29. The number of hydrogen-bond donors (Lipinski definition) is 2. The lowest BCUT2D eigenvalue weighted by molar-refractivity contribution is -0.136. The number of anilines is 1. The number of nitrogens with zero attached hydrogens (tertiary/aromatic N) is 1. The predicted molar refractivity (Wildman–Crippen MR) is 133 cm³/mol. The molecule has 1 aromatic heterocycles. The Kier molecular flexibility index (Phi) is 9.07. The normalized spacial score (nSPS) is 10.7. The second kappa shape index (κ2) is 12.4. The Bertz CT molecular complexity index is 1290. The van der Waals surface area contributed by atoms with E-state index in [-0.39, 0.29) is 12.4 Å². The number of furan rings is 1. The Morgan fingerprint density at radius 1 is 1.03 bits per heavy atom. The molecule has 2 amide bonds. The Morgan fingerprint density at radius 3 is 2.56 bits per heavy atom. The highest BCUT2D eigenvalue weighted by molar-refractivity contribution is 6.39. The van der Waals surface area contributed by atoms with Crippen molar-refractivity contribution in [2.45, 2.75) is 20.5 Å². The minimum atomic E-state index is -0.947. The summed E-state index contributed by atoms with van der Waals surface area (Å²) in [5.41, 5.74) is 3.99. The fourth-order valence-electron chi connectivity index (χ4n) is 2.88. The van der Waals surface area contributed by atoms with Crippen LogP contribution in [-0.4, -0.2) is 37.7 Å². The molecule has 2 aromatic carbocycles. The molecular formula is C25H24ClN3O7. The van der Waals surface area contributed by atoms with Gasteiger partial charge >= 0.3 is 17.8 Å². The molecule has 188 valence electrons. The third-order valence-corrected chi connectivity index (χ3v) is 5.11. The van der Waals surface area contributed by atoms with E-state index in [1.807, 2.05) is 13.8 Å². The number of halogens is 1. The first-order chi connectivity index (χ1) is 17.3. The summed E-state index contributed by atoms with van der Waals surface area (Å²) in [6.45, 7) is 4.08. The van der Waals surface area contributed by atoms with Crippen LogP contribution in [0.4, 0.5) is 5.69 Å². The van der Waals surface area contributed by atoms with Crippen LogP contribution in [0.25, 0.3) is 0 Å². The van der Waals surface area contributed by atoms with E-state index in [9.17, 15) is 14.4 Å². The van der Waals surface area contributed by atoms with E-state index in [2.05, 4.69) is 20.6 Å². The van der Waals surface area contributed by atoms with E-state index in [0.29, 0.717) is 40.1 Å². The molecule has 0 saturated heterocycles. The van der Waals surface area contributed by atoms with Crippen LogP contribution in [0, 0.1) is 6.92 Å². The van der Waals surface area contributed by atoms with Gasteiger partial charge in [-0.2, -0.15) is 5.10 Å². The van der Waals surface area contributed by atoms with Crippen LogP contribution < -0.4 is 20.2 Å². The van der Waals surface area contributed by atoms with Crippen molar-refractivity contribution in [1.82, 2.24) is 5.43 Å². The van der Waals surface area contributed by atoms with Crippen LogP contribution in [-0.2, 0) is 20.9 Å². The number of hydrogen-bond acceptors (Lipinski definition) is 8. The number of hydrazone groups is 1. The van der Waals surface area contributed by atoms with Crippen molar-refractivity contribution < 1.29 is 33.0 Å². The van der Waals surface area contributed by atoms with Crippen molar-refractivity contribution >= 4 is 41.3 Å². The smallest absolute Gasteiger partial charge is 0.373 e. The molecule has 36 heavy (non-hydrogen) atoms. The van der Waals surface area contributed by atoms with Gasteiger partial charge in [0.1, 0.15) is 12.4 Å². The number of esters is 1. The van der Waals surface area contributed by atoms with Gasteiger partial charge in [0.15, 0.2) is 11.5 Å². The summed E-state index contributed by atoms with van der Waals surface area (Å²) < 4.78 is 21.4. The summed E-state index contributed by atoms with van der Waals surface area (Å²) in [4.78, 5) is 35.6. The summed E-state index contributed by atoms with van der Waals surface area (Å²) in [6, 6.07) is 13.0. The monoisotopic (exact) mass is 513 g/mol. The number of amides is 2. The number of benzene rings is 2. The number of nitrogens with one attached hydrogen (secondary N) is 2. The van der Waals surface area contributed by atoms with Gasteiger partial charge in [-0.05, 0) is 67.4 Å². The number of ether oxygens (including phenoxy) is 3. The molecule has 0 aliphatic rings. The third-order valence-electron chi connectivity index (χ3n) is 4.70. The molecule has 0 radical (unpaired) electrons. The molecule has 1 heterocycles. The average molecular weight is 514 g/mol. The highest BCUT2D eigenvalue weighted by Gasteiger charge is 2.14. The van der Waals surface area contributed by atoms with Crippen LogP contribution in [0.2, 0.25) is 5.02 Å². The van der Waals surface area contributed by atoms with E-state index in [0.717, 1.165) is 5.56 Å². The van der Waals surface area contributed by atoms with E-state index < -0.39 is 17.8 Å². The molecule has 11 heteroatoms. The van der Waals surface area contributed by atoms with Crippen molar-refractivity contribution in [3.8, 4) is 11.5 Å². The summed E-state index contributed by atoms with van der Waals surface area (Å²) >= 11 is 6.03. The van der Waals surface area contributed by atoms with Gasteiger partial charge in [-0.15, -0.1) is 0 Å². The average Bonchev–Trinajstić information content (AvgIpc) is 3.34. The molecule has 0 aliphatic carbocycles. The zero-order valence-electron chi connectivity index (χ0n) is 19.8. The van der Waals surface area contributed by atoms with E-state index in [1.54, 1.807) is 42.5 Å². The molecular weight excluding hydrogens is 490 g/mol. The largest absolute Gasteiger partial charge is 0.490 e. The number of carbonyl (C=O) groups excluding carboxylic acids is 3. The lowest BCUT2D eigenvalue weighted by atomic mass is 10.2. The van der Waals surface area contributed by atoms with Gasteiger partial charge in [-0.1, -0.05) is 17.7 Å². The Hall–Kier alpha value is -4.31. The van der Waals surface area contributed by atoms with Gasteiger partial charge in [0.05, 0.1) is 19.9 Å². The van der Waals surface area contributed by atoms with Crippen molar-refractivity contribution in [3.63, 3.8) is 0 Å². The molecule has 0 fully saturated rings. The second-order valence-corrected chi connectivity index (χ2v) is 7.71. The summed E-state index contributed by atoms with van der Waals surface area (Å²) in [5, 5.41) is 6.74. The van der Waals surface area contributed by atoms with Gasteiger partial charge in [-0.25, -0.2) is 10.2 Å². The molecule has 0 bridgehead atoms. The first-order valence-electron chi connectivity index (χ1n) is 10.8. The zero-order chi connectivity index (χ0) is 26.1. The van der Waals surface area contributed by atoms with Crippen LogP contribution in [0.1, 0.15) is 34.4 Å². The minimum absolute atomic E-state index is 0.0574. The molecule has 0 atom stereocenters. The molecule has 0 saturated carbocycles. The zero-order valence-corrected chi connectivity index (χ0v) is 20.5. The fourth-order valence-corrected chi connectivity index (χ4v) is 3.06. The molecule has 0 spiro atoms. The Labute approximate surface area is 212 Å². The lowest BCUT2D eigenvalue weighted by Gasteiger charge is -2.11. The van der Waals surface area contributed by atoms with E-state index >= 15 is 0 Å². The first kappa shape index (κ1) is 26.3. The topological polar surface area (TPSA) is 128 Å². The maximum Gasteiger partial charge on any atom is 0.373 e. The van der Waals surface area contributed by atoms with Gasteiger partial charge < -0.3 is 23.9 Å². The molecule has 0 aliphatic heterocycles. The Morgan fingerprint density at radius 2 is 1.83 bits per heavy atom. The summed E-state index contributed by atoms with van der Waals surface area (Å²) in [7, 11) is 1.27. The third kappa shape index (κ3) is 7.09. The minimum Gasteiger partial charge on any atom is -0.490 e. The number of carbonyl (C=O) groups is 3. The van der Waals surface area contributed by atoms with Gasteiger partial charge in [0.2, 0.25) is 5.76 Å². The van der Waals surface area contributed by atoms with Gasteiger partial charge in [0.25, 0.3) is 0 Å². The number of methoxy groups -OCH3 is 1. The number of rotatable bonds is 9. The maximum absolute atomic E-state index is 12.1. The van der Waals surface area contributed by atoms with Crippen molar-refractivity contribution in [3.05, 3.63) is 76.2 Å². The molecule has 3 aromatic rings. The van der Waals surface area contributed by atoms with Crippen molar-refractivity contribution in [2.24, 2.45) is 5.10 Å². The van der Waals surface area contributed by atoms with Crippen LogP contribution in [0.3, 0.4) is 0 Å². The van der Waals surface area contributed by atoms with Crippen molar-refractivity contribution in [1.29, 1.82) is 0 Å². The number of aryl methyl sites for hydroxylation is 1. The van der Waals surface area contributed by atoms with E-state index in [4.69, 9.17) is 25.5 Å². The molecule has 10 nitrogen and oxygen atoms in total. The predicted octanol–water partition coefficient (Wildman–Crippen LogP) is 4.09. The van der Waals surface area contributed by atoms with Crippen LogP contribution in [0.15, 0.2) is 58.0 Å². The quantitative estimate of drug-likeness (QED) is 0.191. The first-order valence-corrected chi connectivity index (χ1v) is 11.2.